The number of ether oxygens (including phenoxy) is 1. The first-order valence-corrected chi connectivity index (χ1v) is 8.20. The second-order valence-corrected chi connectivity index (χ2v) is 7.84. The first-order valence-electron chi connectivity index (χ1n) is 6.72. The molecule has 1 rings (SSSR count). The van der Waals surface area contributed by atoms with E-state index < -0.39 is 21.6 Å². The summed E-state index contributed by atoms with van der Waals surface area (Å²) < 4.78 is 32.1. The maximum absolute atomic E-state index is 12.3. The van der Waals surface area contributed by atoms with Crippen molar-refractivity contribution in [3.63, 3.8) is 0 Å². The number of carbonyl (C=O) groups is 1. The van der Waals surface area contributed by atoms with Gasteiger partial charge in [0.15, 0.2) is 0 Å². The van der Waals surface area contributed by atoms with Gasteiger partial charge in [0.2, 0.25) is 10.0 Å². The molecule has 0 radical (unpaired) electrons. The normalized spacial score (nSPS) is 12.3. The molecule has 1 N–H and O–H groups in total. The summed E-state index contributed by atoms with van der Waals surface area (Å²) in [6.45, 7) is 10.2. The molecule has 0 saturated heterocycles. The Morgan fingerprint density at radius 2 is 1.62 bits per heavy atom. The van der Waals surface area contributed by atoms with E-state index in [1.807, 2.05) is 6.92 Å². The molecular weight excluding hydrogens is 290 g/mol. The summed E-state index contributed by atoms with van der Waals surface area (Å²) in [5.74, 6) is -0.603. The van der Waals surface area contributed by atoms with Crippen molar-refractivity contribution in [1.82, 2.24) is 4.72 Å². The van der Waals surface area contributed by atoms with Gasteiger partial charge in [-0.3, -0.25) is 4.79 Å². The molecular formula is C15H23NO4S. The van der Waals surface area contributed by atoms with Gasteiger partial charge < -0.3 is 4.74 Å². The molecule has 0 aliphatic rings. The van der Waals surface area contributed by atoms with Gasteiger partial charge in [0.25, 0.3) is 0 Å². The van der Waals surface area contributed by atoms with Crippen molar-refractivity contribution in [2.24, 2.45) is 0 Å². The Balaban J connectivity index is 2.91. The summed E-state index contributed by atoms with van der Waals surface area (Å²) in [7, 11) is -3.74. The van der Waals surface area contributed by atoms with Crippen LogP contribution in [0, 0.1) is 20.8 Å². The van der Waals surface area contributed by atoms with E-state index in [2.05, 4.69) is 4.72 Å². The third kappa shape index (κ3) is 5.13. The molecule has 0 aliphatic heterocycles. The smallest absolute Gasteiger partial charge is 0.321 e. The number of esters is 1. The molecule has 0 aliphatic carbocycles. The van der Waals surface area contributed by atoms with Crippen LogP contribution in [-0.2, 0) is 19.6 Å². The Hall–Kier alpha value is -1.40. The monoisotopic (exact) mass is 313 g/mol. The molecule has 0 heterocycles. The fourth-order valence-corrected chi connectivity index (χ4v) is 3.61. The molecule has 5 nitrogen and oxygen atoms in total. The first-order chi connectivity index (χ1) is 9.42. The molecule has 1 aromatic rings. The highest BCUT2D eigenvalue weighted by Gasteiger charge is 2.22. The fourth-order valence-electron chi connectivity index (χ4n) is 2.19. The number of rotatable bonds is 4. The Kier molecular flexibility index (Phi) is 5.17. The zero-order chi connectivity index (χ0) is 16.4. The van der Waals surface area contributed by atoms with Crippen molar-refractivity contribution in [2.75, 3.05) is 6.54 Å². The molecule has 6 heteroatoms. The summed E-state index contributed by atoms with van der Waals surface area (Å²) in [5, 5.41) is 0. The lowest BCUT2D eigenvalue weighted by Gasteiger charge is -2.20. The number of hydrogen-bond acceptors (Lipinski definition) is 4. The van der Waals surface area contributed by atoms with E-state index in [1.54, 1.807) is 46.8 Å². The number of aryl methyl sites for hydroxylation is 3. The maximum Gasteiger partial charge on any atom is 0.321 e. The standard InChI is InChI=1S/C15H23NO4S/c1-10-7-11(2)14(12(3)8-10)21(18,19)16-9-13(17)20-15(4,5)6/h7-8,16H,9H2,1-6H3. The molecule has 0 unspecified atom stereocenters. The second kappa shape index (κ2) is 6.15. The lowest BCUT2D eigenvalue weighted by Crippen LogP contribution is -2.35. The third-order valence-electron chi connectivity index (χ3n) is 2.70. The lowest BCUT2D eigenvalue weighted by atomic mass is 10.1. The van der Waals surface area contributed by atoms with Crippen LogP contribution < -0.4 is 4.72 Å². The second-order valence-electron chi connectivity index (χ2n) is 6.14. The Morgan fingerprint density at radius 1 is 1.14 bits per heavy atom. The van der Waals surface area contributed by atoms with Gasteiger partial charge in [-0.2, -0.15) is 4.72 Å². The van der Waals surface area contributed by atoms with E-state index >= 15 is 0 Å². The van der Waals surface area contributed by atoms with Crippen molar-refractivity contribution in [3.8, 4) is 0 Å². The number of carbonyl (C=O) groups excluding carboxylic acids is 1. The first kappa shape index (κ1) is 17.7. The average molecular weight is 313 g/mol. The average Bonchev–Trinajstić information content (AvgIpc) is 2.22. The zero-order valence-electron chi connectivity index (χ0n) is 13.4. The topological polar surface area (TPSA) is 72.5 Å². The summed E-state index contributed by atoms with van der Waals surface area (Å²) in [6, 6.07) is 3.60. The van der Waals surface area contributed by atoms with E-state index in [-0.39, 0.29) is 11.4 Å². The molecule has 0 aromatic heterocycles. The quantitative estimate of drug-likeness (QED) is 0.865. The molecule has 1 aromatic carbocycles. The summed E-state index contributed by atoms with van der Waals surface area (Å²) >= 11 is 0. The van der Waals surface area contributed by atoms with Crippen LogP contribution in [-0.4, -0.2) is 26.5 Å². The zero-order valence-corrected chi connectivity index (χ0v) is 14.2. The highest BCUT2D eigenvalue weighted by Crippen LogP contribution is 2.21. The summed E-state index contributed by atoms with van der Waals surface area (Å²) in [6.07, 6.45) is 0. The third-order valence-corrected chi connectivity index (χ3v) is 4.41. The molecule has 118 valence electrons. The molecule has 0 spiro atoms. The van der Waals surface area contributed by atoms with Gasteiger partial charge in [-0.05, 0) is 52.7 Å². The van der Waals surface area contributed by atoms with E-state index in [0.717, 1.165) is 5.56 Å². The lowest BCUT2D eigenvalue weighted by molar-refractivity contribution is -0.153. The van der Waals surface area contributed by atoms with Gasteiger partial charge in [-0.25, -0.2) is 8.42 Å². The van der Waals surface area contributed by atoms with E-state index in [4.69, 9.17) is 4.74 Å². The number of sulfonamides is 1. The Bertz CT molecular complexity index is 619. The Morgan fingerprint density at radius 3 is 2.05 bits per heavy atom. The summed E-state index contributed by atoms with van der Waals surface area (Å²) in [4.78, 5) is 11.8. The molecule has 0 atom stereocenters. The minimum Gasteiger partial charge on any atom is -0.459 e. The molecule has 0 bridgehead atoms. The number of hydrogen-bond donors (Lipinski definition) is 1. The van der Waals surface area contributed by atoms with E-state index in [9.17, 15) is 13.2 Å². The van der Waals surface area contributed by atoms with Crippen molar-refractivity contribution in [2.45, 2.75) is 52.0 Å². The van der Waals surface area contributed by atoms with Crippen molar-refractivity contribution in [1.29, 1.82) is 0 Å². The highest BCUT2D eigenvalue weighted by atomic mass is 32.2. The van der Waals surface area contributed by atoms with Crippen molar-refractivity contribution >= 4 is 16.0 Å². The van der Waals surface area contributed by atoms with Crippen LogP contribution in [0.4, 0.5) is 0 Å². The SMILES string of the molecule is Cc1cc(C)c(S(=O)(=O)NCC(=O)OC(C)(C)C)c(C)c1. The fraction of sp³-hybridized carbons (Fsp3) is 0.533. The van der Waals surface area contributed by atoms with Crippen molar-refractivity contribution < 1.29 is 17.9 Å². The van der Waals surface area contributed by atoms with Crippen LogP contribution in [0.3, 0.4) is 0 Å². The predicted octanol–water partition coefficient (Wildman–Crippen LogP) is 2.23. The Labute approximate surface area is 126 Å². The number of nitrogens with one attached hydrogen (secondary N) is 1. The number of benzene rings is 1. The molecule has 21 heavy (non-hydrogen) atoms. The molecule has 0 amide bonds. The van der Waals surface area contributed by atoms with Gasteiger partial charge in [0.05, 0.1) is 4.90 Å². The van der Waals surface area contributed by atoms with Crippen LogP contribution in [0.5, 0.6) is 0 Å². The van der Waals surface area contributed by atoms with Crippen LogP contribution >= 0.6 is 0 Å². The highest BCUT2D eigenvalue weighted by molar-refractivity contribution is 7.89. The largest absolute Gasteiger partial charge is 0.459 e. The maximum atomic E-state index is 12.3. The van der Waals surface area contributed by atoms with Gasteiger partial charge in [-0.15, -0.1) is 0 Å². The van der Waals surface area contributed by atoms with Gasteiger partial charge in [-0.1, -0.05) is 17.7 Å². The van der Waals surface area contributed by atoms with Gasteiger partial charge >= 0.3 is 5.97 Å². The molecule has 0 saturated carbocycles. The van der Waals surface area contributed by atoms with Gasteiger partial charge in [0.1, 0.15) is 12.1 Å². The minimum absolute atomic E-state index is 0.219. The summed E-state index contributed by atoms with van der Waals surface area (Å²) in [5.41, 5.74) is 1.67. The van der Waals surface area contributed by atoms with Crippen LogP contribution in [0.25, 0.3) is 0 Å². The van der Waals surface area contributed by atoms with Crippen molar-refractivity contribution in [3.05, 3.63) is 28.8 Å². The predicted molar refractivity (Wildman–Crippen MR) is 81.7 cm³/mol. The van der Waals surface area contributed by atoms with Crippen LogP contribution in [0.2, 0.25) is 0 Å². The van der Waals surface area contributed by atoms with E-state index in [1.165, 1.54) is 0 Å². The minimum atomic E-state index is -3.74. The van der Waals surface area contributed by atoms with Crippen LogP contribution in [0.1, 0.15) is 37.5 Å². The van der Waals surface area contributed by atoms with Crippen LogP contribution in [0.15, 0.2) is 17.0 Å². The molecule has 0 fully saturated rings. The van der Waals surface area contributed by atoms with E-state index in [0.29, 0.717) is 11.1 Å². The van der Waals surface area contributed by atoms with Gasteiger partial charge in [0, 0.05) is 0 Å².